The Bertz CT molecular complexity index is 3240. The molecule has 1 aliphatic carbocycles. The van der Waals surface area contributed by atoms with Crippen molar-refractivity contribution in [2.75, 3.05) is 9.80 Å². The van der Waals surface area contributed by atoms with Crippen molar-refractivity contribution in [2.24, 2.45) is 0 Å². The fraction of sp³-hybridized carbons (Fsp3) is 0.103. The molecule has 0 amide bonds. The molecule has 0 bridgehead atoms. The summed E-state index contributed by atoms with van der Waals surface area (Å²) in [6.07, 6.45) is 0. The van der Waals surface area contributed by atoms with Crippen molar-refractivity contribution >= 4 is 44.9 Å². The third kappa shape index (κ3) is 5.17. The number of nitrogens with zero attached hydrogens (tertiary/aromatic N) is 2. The Kier molecular flexibility index (Phi) is 7.62. The Morgan fingerprint density at radius 2 is 1.08 bits per heavy atom. The van der Waals surface area contributed by atoms with Crippen molar-refractivity contribution < 1.29 is 4.74 Å². The van der Waals surface area contributed by atoms with Gasteiger partial charge in [0.15, 0.2) is 11.5 Å². The summed E-state index contributed by atoms with van der Waals surface area (Å²) in [5.41, 5.74) is 18.6. The number of anilines is 6. The number of hydrogen-bond acceptors (Lipinski definition) is 3. The third-order valence-electron chi connectivity index (χ3n) is 13.6. The van der Waals surface area contributed by atoms with Crippen molar-refractivity contribution in [3.05, 3.63) is 216 Å². The molecule has 9 aromatic carbocycles. The summed E-state index contributed by atoms with van der Waals surface area (Å²) in [5, 5.41) is 2.34. The fourth-order valence-electron chi connectivity index (χ4n) is 10.6. The third-order valence-corrected chi connectivity index (χ3v) is 13.6. The van der Waals surface area contributed by atoms with Crippen LogP contribution in [0.3, 0.4) is 0 Å². The normalized spacial score (nSPS) is 14.6. The van der Waals surface area contributed by atoms with Gasteiger partial charge in [-0.2, -0.15) is 0 Å². The molecule has 0 fully saturated rings. The van der Waals surface area contributed by atoms with Gasteiger partial charge >= 0.3 is 0 Å². The standard InChI is InChI=1S/C58H44N2O/c1-57(2)46-25-15-13-24-44(46)45-30-29-41(36-47(45)57)59(49-26-16-14-22-42(49)38-19-9-6-10-20-38)51-32-34-53-56-54(51)58(3,4)48-35-40(37-17-7-5-8-18-37)27-31-50(48)60(56)55-43-23-12-11-21-39(43)28-33-52(55)61-53/h5-36H,1-4H3. The lowest BCUT2D eigenvalue weighted by molar-refractivity contribution is 0.472. The van der Waals surface area contributed by atoms with Crippen LogP contribution < -0.4 is 14.5 Å². The molecule has 61 heavy (non-hydrogen) atoms. The molecule has 12 rings (SSSR count). The minimum absolute atomic E-state index is 0.169. The summed E-state index contributed by atoms with van der Waals surface area (Å²) >= 11 is 0. The number of para-hydroxylation sites is 1. The van der Waals surface area contributed by atoms with Crippen LogP contribution in [0.15, 0.2) is 194 Å². The first-order valence-corrected chi connectivity index (χ1v) is 21.4. The molecule has 2 heterocycles. The molecule has 3 heteroatoms. The lowest BCUT2D eigenvalue weighted by Gasteiger charge is -2.47. The molecule has 0 radical (unpaired) electrons. The van der Waals surface area contributed by atoms with Crippen LogP contribution in [0.2, 0.25) is 0 Å². The minimum Gasteiger partial charge on any atom is -0.453 e. The predicted molar refractivity (Wildman–Crippen MR) is 254 cm³/mol. The number of hydrogen-bond donors (Lipinski definition) is 0. The molecule has 2 aliphatic heterocycles. The Morgan fingerprint density at radius 1 is 0.426 bits per heavy atom. The molecular weight excluding hydrogens is 741 g/mol. The lowest BCUT2D eigenvalue weighted by Crippen LogP contribution is -2.34. The van der Waals surface area contributed by atoms with E-state index < -0.39 is 5.41 Å². The van der Waals surface area contributed by atoms with Gasteiger partial charge in [-0.15, -0.1) is 0 Å². The largest absolute Gasteiger partial charge is 0.453 e. The number of benzene rings is 9. The van der Waals surface area contributed by atoms with E-state index in [1.165, 1.54) is 66.7 Å². The summed E-state index contributed by atoms with van der Waals surface area (Å²) in [6.45, 7) is 9.54. The summed E-state index contributed by atoms with van der Waals surface area (Å²) in [6, 6.07) is 71.1. The Balaban J connectivity index is 1.17. The molecule has 0 spiro atoms. The monoisotopic (exact) mass is 784 g/mol. The first-order chi connectivity index (χ1) is 29.8. The van der Waals surface area contributed by atoms with Crippen LogP contribution in [0.1, 0.15) is 49.9 Å². The predicted octanol–water partition coefficient (Wildman–Crippen LogP) is 16.2. The van der Waals surface area contributed by atoms with Crippen LogP contribution >= 0.6 is 0 Å². The zero-order chi connectivity index (χ0) is 41.0. The van der Waals surface area contributed by atoms with Crippen molar-refractivity contribution in [2.45, 2.75) is 38.5 Å². The van der Waals surface area contributed by atoms with E-state index in [4.69, 9.17) is 4.74 Å². The minimum atomic E-state index is -0.463. The average molecular weight is 785 g/mol. The second-order valence-electron chi connectivity index (χ2n) is 17.7. The molecular formula is C58H44N2O. The molecule has 0 saturated heterocycles. The van der Waals surface area contributed by atoms with E-state index in [2.05, 4.69) is 232 Å². The highest BCUT2D eigenvalue weighted by Gasteiger charge is 2.45. The van der Waals surface area contributed by atoms with Crippen LogP contribution in [-0.4, -0.2) is 0 Å². The van der Waals surface area contributed by atoms with E-state index in [-0.39, 0.29) is 5.41 Å². The van der Waals surface area contributed by atoms with E-state index in [1.807, 2.05) is 0 Å². The molecule has 0 N–H and O–H groups in total. The van der Waals surface area contributed by atoms with Gasteiger partial charge in [0, 0.05) is 33.0 Å². The first-order valence-electron chi connectivity index (χ1n) is 21.4. The van der Waals surface area contributed by atoms with E-state index in [0.29, 0.717) is 0 Å². The lowest BCUT2D eigenvalue weighted by atomic mass is 9.71. The Morgan fingerprint density at radius 3 is 1.90 bits per heavy atom. The van der Waals surface area contributed by atoms with Gasteiger partial charge in [0.05, 0.1) is 28.4 Å². The van der Waals surface area contributed by atoms with E-state index in [0.717, 1.165) is 45.3 Å². The molecule has 9 aromatic rings. The molecule has 0 unspecified atom stereocenters. The van der Waals surface area contributed by atoms with Gasteiger partial charge in [0.2, 0.25) is 0 Å². The SMILES string of the molecule is CC1(C)c2ccccc2-c2ccc(N(c3ccccc3-c3ccccc3)c3ccc4c5c3C(C)(C)c3cc(-c6ccccc6)ccc3N5c3c(ccc5ccccc35)O4)cc21. The van der Waals surface area contributed by atoms with Crippen LogP contribution in [0.4, 0.5) is 34.1 Å². The van der Waals surface area contributed by atoms with Gasteiger partial charge in [-0.25, -0.2) is 0 Å². The molecule has 3 nitrogen and oxygen atoms in total. The number of fused-ring (bicyclic) bond motifs is 9. The quantitative estimate of drug-likeness (QED) is 0.173. The average Bonchev–Trinajstić information content (AvgIpc) is 3.53. The topological polar surface area (TPSA) is 15.7 Å². The van der Waals surface area contributed by atoms with Crippen molar-refractivity contribution in [3.8, 4) is 44.9 Å². The fourth-order valence-corrected chi connectivity index (χ4v) is 10.6. The Hall–Kier alpha value is -7.36. The maximum absolute atomic E-state index is 7.04. The van der Waals surface area contributed by atoms with Gasteiger partial charge < -0.3 is 14.5 Å². The second kappa shape index (κ2) is 13.1. The summed E-state index contributed by atoms with van der Waals surface area (Å²) in [7, 11) is 0. The van der Waals surface area contributed by atoms with Crippen LogP contribution in [0.5, 0.6) is 11.5 Å². The highest BCUT2D eigenvalue weighted by molar-refractivity contribution is 6.08. The molecule has 3 aliphatic rings. The van der Waals surface area contributed by atoms with Gasteiger partial charge in [-0.05, 0) is 98.4 Å². The second-order valence-corrected chi connectivity index (χ2v) is 17.7. The van der Waals surface area contributed by atoms with E-state index >= 15 is 0 Å². The highest BCUT2D eigenvalue weighted by atomic mass is 16.5. The summed E-state index contributed by atoms with van der Waals surface area (Å²) in [5.74, 6) is 1.71. The Labute approximate surface area is 357 Å². The maximum Gasteiger partial charge on any atom is 0.152 e. The zero-order valence-electron chi connectivity index (χ0n) is 34.8. The summed E-state index contributed by atoms with van der Waals surface area (Å²) < 4.78 is 7.04. The first kappa shape index (κ1) is 35.6. The van der Waals surface area contributed by atoms with Crippen molar-refractivity contribution in [1.82, 2.24) is 0 Å². The van der Waals surface area contributed by atoms with Gasteiger partial charge in [0.25, 0.3) is 0 Å². The van der Waals surface area contributed by atoms with E-state index in [1.54, 1.807) is 0 Å². The van der Waals surface area contributed by atoms with Crippen LogP contribution in [0, 0.1) is 0 Å². The van der Waals surface area contributed by atoms with Gasteiger partial charge in [-0.3, -0.25) is 0 Å². The van der Waals surface area contributed by atoms with Crippen LogP contribution in [-0.2, 0) is 10.8 Å². The summed E-state index contributed by atoms with van der Waals surface area (Å²) in [4.78, 5) is 5.04. The van der Waals surface area contributed by atoms with Crippen molar-refractivity contribution in [1.29, 1.82) is 0 Å². The smallest absolute Gasteiger partial charge is 0.152 e. The van der Waals surface area contributed by atoms with Gasteiger partial charge in [-0.1, -0.05) is 173 Å². The molecule has 0 saturated carbocycles. The molecule has 0 atom stereocenters. The highest BCUT2D eigenvalue weighted by Crippen LogP contribution is 2.64. The number of ether oxygens (including phenoxy) is 1. The zero-order valence-corrected chi connectivity index (χ0v) is 34.8. The van der Waals surface area contributed by atoms with Crippen molar-refractivity contribution in [3.63, 3.8) is 0 Å². The molecule has 292 valence electrons. The van der Waals surface area contributed by atoms with E-state index in [9.17, 15) is 0 Å². The molecule has 0 aromatic heterocycles. The number of rotatable bonds is 5. The maximum atomic E-state index is 7.04. The van der Waals surface area contributed by atoms with Gasteiger partial charge in [0.1, 0.15) is 0 Å². The van der Waals surface area contributed by atoms with Crippen LogP contribution in [0.25, 0.3) is 44.2 Å².